The Morgan fingerprint density at radius 2 is 1.96 bits per heavy atom. The Kier molecular flexibility index (Phi) is 4.81. The van der Waals surface area contributed by atoms with Gasteiger partial charge in [-0.2, -0.15) is 0 Å². The average Bonchev–Trinajstić information content (AvgIpc) is 2.93. The molecule has 1 atom stereocenters. The largest absolute Gasteiger partial charge is 0.506 e. The van der Waals surface area contributed by atoms with Crippen molar-refractivity contribution in [3.05, 3.63) is 48.5 Å². The second kappa shape index (κ2) is 7.01. The molecule has 0 aliphatic carbocycles. The number of phenolic OH excluding ortho intramolecular Hbond substituents is 1. The smallest absolute Gasteiger partial charge is 0.142 e. The van der Waals surface area contributed by atoms with Crippen LogP contribution in [0.2, 0.25) is 0 Å². The lowest BCUT2D eigenvalue weighted by Crippen LogP contribution is -2.37. The van der Waals surface area contributed by atoms with Gasteiger partial charge < -0.3 is 20.3 Å². The van der Waals surface area contributed by atoms with Gasteiger partial charge in [0.2, 0.25) is 0 Å². The lowest BCUT2D eigenvalue weighted by Gasteiger charge is -2.26. The maximum Gasteiger partial charge on any atom is 0.142 e. The first-order chi connectivity index (χ1) is 11.5. The SMILES string of the molecule is CC1(Oc2ccc(N)c(O)c2)CCN(CCOc2ccccc2)C1. The number of nitrogens with two attached hydrogens (primary N) is 1. The molecule has 2 aromatic rings. The molecule has 3 N–H and O–H groups in total. The standard InChI is InChI=1S/C19H24N2O3/c1-19(24-16-7-8-17(20)18(22)13-16)9-10-21(14-19)11-12-23-15-5-3-2-4-6-15/h2-8,13,22H,9-12,14,20H2,1H3. The van der Waals surface area contributed by atoms with Crippen molar-refractivity contribution in [2.24, 2.45) is 0 Å². The van der Waals surface area contributed by atoms with E-state index in [0.717, 1.165) is 31.8 Å². The van der Waals surface area contributed by atoms with Crippen LogP contribution in [0.25, 0.3) is 0 Å². The molecule has 5 heteroatoms. The number of nitrogens with zero attached hydrogens (tertiary/aromatic N) is 1. The van der Waals surface area contributed by atoms with Crippen LogP contribution in [-0.4, -0.2) is 41.8 Å². The lowest BCUT2D eigenvalue weighted by atomic mass is 10.1. The summed E-state index contributed by atoms with van der Waals surface area (Å²) < 4.78 is 11.8. The van der Waals surface area contributed by atoms with E-state index < -0.39 is 0 Å². The summed E-state index contributed by atoms with van der Waals surface area (Å²) in [4.78, 5) is 2.33. The van der Waals surface area contributed by atoms with Crippen LogP contribution in [0, 0.1) is 0 Å². The van der Waals surface area contributed by atoms with Crippen molar-refractivity contribution in [3.8, 4) is 17.2 Å². The molecule has 0 spiro atoms. The number of hydrogen-bond donors (Lipinski definition) is 2. The van der Waals surface area contributed by atoms with E-state index >= 15 is 0 Å². The topological polar surface area (TPSA) is 68.0 Å². The molecular weight excluding hydrogens is 304 g/mol. The minimum atomic E-state index is -0.269. The zero-order chi connectivity index (χ0) is 17.0. The normalized spacial score (nSPS) is 20.9. The minimum Gasteiger partial charge on any atom is -0.506 e. The van der Waals surface area contributed by atoms with E-state index in [1.807, 2.05) is 30.3 Å². The predicted molar refractivity (Wildman–Crippen MR) is 94.5 cm³/mol. The first-order valence-electron chi connectivity index (χ1n) is 8.22. The van der Waals surface area contributed by atoms with E-state index in [1.54, 1.807) is 18.2 Å². The predicted octanol–water partition coefficient (Wildman–Crippen LogP) is 2.90. The molecule has 1 aliphatic rings. The van der Waals surface area contributed by atoms with Crippen LogP contribution in [0.1, 0.15) is 13.3 Å². The van der Waals surface area contributed by atoms with Gasteiger partial charge in [-0.1, -0.05) is 18.2 Å². The van der Waals surface area contributed by atoms with Crippen molar-refractivity contribution in [1.82, 2.24) is 4.90 Å². The number of benzene rings is 2. The van der Waals surface area contributed by atoms with E-state index in [4.69, 9.17) is 15.2 Å². The molecule has 1 unspecified atom stereocenters. The number of nitrogen functional groups attached to an aromatic ring is 1. The Morgan fingerprint density at radius 3 is 2.71 bits per heavy atom. The molecule has 0 bridgehead atoms. The van der Waals surface area contributed by atoms with Crippen LogP contribution in [0.15, 0.2) is 48.5 Å². The number of anilines is 1. The summed E-state index contributed by atoms with van der Waals surface area (Å²) in [7, 11) is 0. The van der Waals surface area contributed by atoms with Crippen molar-refractivity contribution in [2.75, 3.05) is 32.0 Å². The summed E-state index contributed by atoms with van der Waals surface area (Å²) in [5.74, 6) is 1.60. The molecule has 0 saturated carbocycles. The van der Waals surface area contributed by atoms with Gasteiger partial charge in [-0.15, -0.1) is 0 Å². The number of hydrogen-bond acceptors (Lipinski definition) is 5. The summed E-state index contributed by atoms with van der Waals surface area (Å²) >= 11 is 0. The summed E-state index contributed by atoms with van der Waals surface area (Å²) in [5, 5.41) is 9.70. The van der Waals surface area contributed by atoms with Gasteiger partial charge in [-0.05, 0) is 31.2 Å². The highest BCUT2D eigenvalue weighted by Crippen LogP contribution is 2.31. The zero-order valence-corrected chi connectivity index (χ0v) is 13.9. The number of phenols is 1. The van der Waals surface area contributed by atoms with Crippen molar-refractivity contribution in [3.63, 3.8) is 0 Å². The maximum atomic E-state index is 9.70. The van der Waals surface area contributed by atoms with Gasteiger partial charge in [0.05, 0.1) is 5.69 Å². The number of likely N-dealkylation sites (tertiary alicyclic amines) is 1. The number of aromatic hydroxyl groups is 1. The van der Waals surface area contributed by atoms with Crippen LogP contribution in [0.4, 0.5) is 5.69 Å². The molecule has 1 aliphatic heterocycles. The van der Waals surface area contributed by atoms with E-state index in [9.17, 15) is 5.11 Å². The molecular formula is C19H24N2O3. The molecule has 0 amide bonds. The van der Waals surface area contributed by atoms with Gasteiger partial charge in [-0.25, -0.2) is 0 Å². The van der Waals surface area contributed by atoms with Gasteiger partial charge in [0.25, 0.3) is 0 Å². The molecule has 5 nitrogen and oxygen atoms in total. The molecule has 1 saturated heterocycles. The Hall–Kier alpha value is -2.40. The van der Waals surface area contributed by atoms with Crippen molar-refractivity contribution >= 4 is 5.69 Å². The molecule has 1 fully saturated rings. The van der Waals surface area contributed by atoms with Crippen LogP contribution < -0.4 is 15.2 Å². The van der Waals surface area contributed by atoms with Crippen LogP contribution >= 0.6 is 0 Å². The van der Waals surface area contributed by atoms with Crippen LogP contribution in [-0.2, 0) is 0 Å². The van der Waals surface area contributed by atoms with Gasteiger partial charge in [0, 0.05) is 32.1 Å². The number of ether oxygens (including phenoxy) is 2. The summed E-state index contributed by atoms with van der Waals surface area (Å²) in [6, 6.07) is 14.9. The highest BCUT2D eigenvalue weighted by molar-refractivity contribution is 5.54. The average molecular weight is 328 g/mol. The van der Waals surface area contributed by atoms with E-state index in [1.165, 1.54) is 0 Å². The van der Waals surface area contributed by atoms with E-state index in [-0.39, 0.29) is 11.4 Å². The second-order valence-corrected chi connectivity index (χ2v) is 6.46. The fourth-order valence-electron chi connectivity index (χ4n) is 2.98. The monoisotopic (exact) mass is 328 g/mol. The van der Waals surface area contributed by atoms with E-state index in [2.05, 4.69) is 11.8 Å². The molecule has 128 valence electrons. The number of rotatable bonds is 6. The lowest BCUT2D eigenvalue weighted by molar-refractivity contribution is 0.0932. The first kappa shape index (κ1) is 16.5. The Morgan fingerprint density at radius 1 is 1.17 bits per heavy atom. The fourth-order valence-corrected chi connectivity index (χ4v) is 2.98. The molecule has 0 aromatic heterocycles. The number of para-hydroxylation sites is 1. The summed E-state index contributed by atoms with van der Waals surface area (Å²) in [6.07, 6.45) is 0.934. The highest BCUT2D eigenvalue weighted by Gasteiger charge is 2.35. The molecule has 0 radical (unpaired) electrons. The second-order valence-electron chi connectivity index (χ2n) is 6.46. The van der Waals surface area contributed by atoms with Crippen molar-refractivity contribution in [1.29, 1.82) is 0 Å². The molecule has 24 heavy (non-hydrogen) atoms. The third kappa shape index (κ3) is 4.11. The Balaban J connectivity index is 1.49. The molecule has 1 heterocycles. The third-order valence-corrected chi connectivity index (χ3v) is 4.30. The third-order valence-electron chi connectivity index (χ3n) is 4.30. The highest BCUT2D eigenvalue weighted by atomic mass is 16.5. The van der Waals surface area contributed by atoms with Gasteiger partial charge >= 0.3 is 0 Å². The molecule has 2 aromatic carbocycles. The maximum absolute atomic E-state index is 9.70. The van der Waals surface area contributed by atoms with Gasteiger partial charge in [-0.3, -0.25) is 4.90 Å². The summed E-state index contributed by atoms with van der Waals surface area (Å²) in [5.41, 5.74) is 5.72. The van der Waals surface area contributed by atoms with Crippen molar-refractivity contribution < 1.29 is 14.6 Å². The van der Waals surface area contributed by atoms with Gasteiger partial charge in [0.15, 0.2) is 0 Å². The fraction of sp³-hybridized carbons (Fsp3) is 0.368. The zero-order valence-electron chi connectivity index (χ0n) is 13.9. The minimum absolute atomic E-state index is 0.0576. The first-order valence-corrected chi connectivity index (χ1v) is 8.22. The van der Waals surface area contributed by atoms with E-state index in [0.29, 0.717) is 18.0 Å². The molecule has 3 rings (SSSR count). The van der Waals surface area contributed by atoms with Gasteiger partial charge in [0.1, 0.15) is 29.5 Å². The van der Waals surface area contributed by atoms with Crippen LogP contribution in [0.5, 0.6) is 17.2 Å². The van der Waals surface area contributed by atoms with Crippen molar-refractivity contribution in [2.45, 2.75) is 18.9 Å². The summed E-state index contributed by atoms with van der Waals surface area (Å²) in [6.45, 7) is 5.41. The Bertz CT molecular complexity index is 678. The van der Waals surface area contributed by atoms with Crippen LogP contribution in [0.3, 0.4) is 0 Å². The Labute approximate surface area is 142 Å². The quantitative estimate of drug-likeness (QED) is 0.630.